The number of rotatable bonds is 4. The summed E-state index contributed by atoms with van der Waals surface area (Å²) in [7, 11) is -3.79. The van der Waals surface area contributed by atoms with Crippen molar-refractivity contribution in [3.8, 4) is 0 Å². The molecule has 0 saturated carbocycles. The molecular weight excluding hydrogens is 307 g/mol. The molecule has 1 aromatic heterocycles. The minimum Gasteiger partial charge on any atom is -0.253 e. The van der Waals surface area contributed by atoms with Gasteiger partial charge >= 0.3 is 0 Å². The lowest BCUT2D eigenvalue weighted by Gasteiger charge is -2.31. The molecule has 3 rings (SSSR count). The quantitative estimate of drug-likeness (QED) is 0.855. The molecule has 0 amide bonds. The zero-order valence-corrected chi connectivity index (χ0v) is 12.8. The van der Waals surface area contributed by atoms with E-state index in [1.54, 1.807) is 11.0 Å². The summed E-state index contributed by atoms with van der Waals surface area (Å²) < 4.78 is 42.1. The third kappa shape index (κ3) is 3.02. The number of benzene rings is 1. The number of halogens is 1. The van der Waals surface area contributed by atoms with Crippen LogP contribution in [0.2, 0.25) is 0 Å². The van der Waals surface area contributed by atoms with Crippen LogP contribution >= 0.6 is 0 Å². The van der Waals surface area contributed by atoms with Crippen LogP contribution in [0.1, 0.15) is 12.8 Å². The first kappa shape index (κ1) is 15.1. The minimum atomic E-state index is -3.79. The Morgan fingerprint density at radius 1 is 1.32 bits per heavy atom. The molecule has 118 valence electrons. The fourth-order valence-corrected chi connectivity index (χ4v) is 4.40. The maximum Gasteiger partial charge on any atom is 0.245 e. The van der Waals surface area contributed by atoms with E-state index in [-0.39, 0.29) is 10.8 Å². The SMILES string of the molecule is O=S(=O)(c1ccccc1F)N1CCC[C@H](Cn2cncn2)C1. The smallest absolute Gasteiger partial charge is 0.245 e. The Kier molecular flexibility index (Phi) is 4.21. The Hall–Kier alpha value is -1.80. The number of sulfonamides is 1. The van der Waals surface area contributed by atoms with Gasteiger partial charge in [-0.15, -0.1) is 0 Å². The molecule has 22 heavy (non-hydrogen) atoms. The van der Waals surface area contributed by atoms with Crippen LogP contribution in [0.3, 0.4) is 0 Å². The highest BCUT2D eigenvalue weighted by molar-refractivity contribution is 7.89. The molecule has 0 bridgehead atoms. The number of hydrogen-bond acceptors (Lipinski definition) is 4. The van der Waals surface area contributed by atoms with Gasteiger partial charge in [-0.2, -0.15) is 9.40 Å². The van der Waals surface area contributed by atoms with Crippen LogP contribution in [0, 0.1) is 11.7 Å². The third-order valence-corrected chi connectivity index (χ3v) is 5.75. The molecule has 0 radical (unpaired) electrons. The van der Waals surface area contributed by atoms with Gasteiger partial charge in [0.05, 0.1) is 0 Å². The summed E-state index contributed by atoms with van der Waals surface area (Å²) in [6.07, 6.45) is 4.75. The maximum atomic E-state index is 13.8. The summed E-state index contributed by atoms with van der Waals surface area (Å²) in [6, 6.07) is 5.50. The van der Waals surface area contributed by atoms with Crippen molar-refractivity contribution >= 4 is 10.0 Å². The predicted molar refractivity (Wildman–Crippen MR) is 77.9 cm³/mol. The minimum absolute atomic E-state index is 0.150. The summed E-state index contributed by atoms with van der Waals surface area (Å²) in [6.45, 7) is 1.41. The first-order chi connectivity index (χ1) is 10.6. The summed E-state index contributed by atoms with van der Waals surface area (Å²) in [5, 5.41) is 4.05. The van der Waals surface area contributed by atoms with Crippen LogP contribution in [0.15, 0.2) is 41.8 Å². The maximum absolute atomic E-state index is 13.8. The van der Waals surface area contributed by atoms with Gasteiger partial charge in [0.1, 0.15) is 23.4 Å². The molecule has 1 atom stereocenters. The van der Waals surface area contributed by atoms with Crippen LogP contribution < -0.4 is 0 Å². The number of hydrogen-bond donors (Lipinski definition) is 0. The monoisotopic (exact) mass is 324 g/mol. The fourth-order valence-electron chi connectivity index (χ4n) is 2.78. The van der Waals surface area contributed by atoms with Gasteiger partial charge in [0.2, 0.25) is 10.0 Å². The van der Waals surface area contributed by atoms with E-state index in [1.807, 2.05) is 0 Å². The van der Waals surface area contributed by atoms with Gasteiger partial charge in [-0.1, -0.05) is 12.1 Å². The van der Waals surface area contributed by atoms with E-state index in [0.717, 1.165) is 12.8 Å². The highest BCUT2D eigenvalue weighted by atomic mass is 32.2. The van der Waals surface area contributed by atoms with Crippen LogP contribution in [0.5, 0.6) is 0 Å². The summed E-state index contributed by atoms with van der Waals surface area (Å²) in [5.74, 6) is -0.558. The van der Waals surface area contributed by atoms with Crippen molar-refractivity contribution in [2.45, 2.75) is 24.3 Å². The molecule has 1 saturated heterocycles. The van der Waals surface area contributed by atoms with E-state index >= 15 is 0 Å². The number of aromatic nitrogens is 3. The molecular formula is C14H17FN4O2S. The van der Waals surface area contributed by atoms with Gasteiger partial charge in [-0.25, -0.2) is 17.8 Å². The molecule has 1 aliphatic heterocycles. The van der Waals surface area contributed by atoms with Crippen LogP contribution in [0.4, 0.5) is 4.39 Å². The Labute approximate surface area is 128 Å². The summed E-state index contributed by atoms with van der Waals surface area (Å²) in [4.78, 5) is 3.63. The van der Waals surface area contributed by atoms with Gasteiger partial charge in [-0.3, -0.25) is 4.68 Å². The predicted octanol–water partition coefficient (Wildman–Crippen LogP) is 1.52. The van der Waals surface area contributed by atoms with Gasteiger partial charge in [0.15, 0.2) is 0 Å². The fraction of sp³-hybridized carbons (Fsp3) is 0.429. The van der Waals surface area contributed by atoms with Crippen molar-refractivity contribution in [3.05, 3.63) is 42.7 Å². The van der Waals surface area contributed by atoms with E-state index in [0.29, 0.717) is 19.6 Å². The number of nitrogens with zero attached hydrogens (tertiary/aromatic N) is 4. The normalized spacial score (nSPS) is 20.1. The molecule has 1 aromatic carbocycles. The highest BCUT2D eigenvalue weighted by Gasteiger charge is 2.32. The van der Waals surface area contributed by atoms with Gasteiger partial charge in [0, 0.05) is 19.6 Å². The van der Waals surface area contributed by atoms with Crippen molar-refractivity contribution in [2.75, 3.05) is 13.1 Å². The summed E-state index contributed by atoms with van der Waals surface area (Å²) in [5.41, 5.74) is 0. The van der Waals surface area contributed by atoms with Gasteiger partial charge in [-0.05, 0) is 30.9 Å². The first-order valence-corrected chi connectivity index (χ1v) is 8.58. The molecule has 1 fully saturated rings. The van der Waals surface area contributed by atoms with Crippen molar-refractivity contribution in [1.82, 2.24) is 19.1 Å². The molecule has 6 nitrogen and oxygen atoms in total. The molecule has 8 heteroatoms. The van der Waals surface area contributed by atoms with Crippen molar-refractivity contribution in [3.63, 3.8) is 0 Å². The van der Waals surface area contributed by atoms with Crippen molar-refractivity contribution in [1.29, 1.82) is 0 Å². The Bertz CT molecular complexity index is 733. The number of piperidine rings is 1. The van der Waals surface area contributed by atoms with Gasteiger partial charge < -0.3 is 0 Å². The van der Waals surface area contributed by atoms with Gasteiger partial charge in [0.25, 0.3) is 0 Å². The largest absolute Gasteiger partial charge is 0.253 e. The molecule has 0 N–H and O–H groups in total. The van der Waals surface area contributed by atoms with Crippen molar-refractivity contribution < 1.29 is 12.8 Å². The molecule has 0 aliphatic carbocycles. The average Bonchev–Trinajstić information content (AvgIpc) is 3.01. The zero-order valence-electron chi connectivity index (χ0n) is 12.0. The Morgan fingerprint density at radius 2 is 2.14 bits per heavy atom. The van der Waals surface area contributed by atoms with Crippen LogP contribution in [-0.4, -0.2) is 40.6 Å². The average molecular weight is 324 g/mol. The molecule has 0 unspecified atom stereocenters. The second-order valence-electron chi connectivity index (χ2n) is 5.42. The third-order valence-electron chi connectivity index (χ3n) is 3.85. The Morgan fingerprint density at radius 3 is 2.86 bits per heavy atom. The van der Waals surface area contributed by atoms with Crippen LogP contribution in [-0.2, 0) is 16.6 Å². The lowest BCUT2D eigenvalue weighted by molar-refractivity contribution is 0.239. The zero-order chi connectivity index (χ0) is 15.6. The molecule has 0 spiro atoms. The Balaban J connectivity index is 1.78. The topological polar surface area (TPSA) is 68.1 Å². The lowest BCUT2D eigenvalue weighted by Crippen LogP contribution is -2.41. The van der Waals surface area contributed by atoms with E-state index in [1.165, 1.54) is 34.9 Å². The van der Waals surface area contributed by atoms with E-state index < -0.39 is 15.8 Å². The lowest BCUT2D eigenvalue weighted by atomic mass is 10.00. The molecule has 2 heterocycles. The van der Waals surface area contributed by atoms with Crippen LogP contribution in [0.25, 0.3) is 0 Å². The first-order valence-electron chi connectivity index (χ1n) is 7.14. The second-order valence-corrected chi connectivity index (χ2v) is 7.33. The highest BCUT2D eigenvalue weighted by Crippen LogP contribution is 2.25. The molecule has 1 aliphatic rings. The van der Waals surface area contributed by atoms with E-state index in [9.17, 15) is 12.8 Å². The van der Waals surface area contributed by atoms with E-state index in [2.05, 4.69) is 10.1 Å². The van der Waals surface area contributed by atoms with Crippen molar-refractivity contribution in [2.24, 2.45) is 5.92 Å². The molecule has 2 aromatic rings. The summed E-state index contributed by atoms with van der Waals surface area (Å²) >= 11 is 0. The van der Waals surface area contributed by atoms with E-state index in [4.69, 9.17) is 0 Å². The standard InChI is InChI=1S/C14H17FN4O2S/c15-13-5-1-2-6-14(13)22(20,21)19-7-3-4-12(9-19)8-18-11-16-10-17-18/h1-2,5-6,10-12H,3-4,7-9H2/t12-/m1/s1. The second kappa shape index (κ2) is 6.13.